The molecule has 0 saturated heterocycles. The van der Waals surface area contributed by atoms with Crippen molar-refractivity contribution in [2.45, 2.75) is 33.2 Å². The summed E-state index contributed by atoms with van der Waals surface area (Å²) in [5, 5.41) is 6.46. The van der Waals surface area contributed by atoms with Gasteiger partial charge < -0.3 is 0 Å². The molecule has 1 aliphatic rings. The summed E-state index contributed by atoms with van der Waals surface area (Å²) in [4.78, 5) is 0. The molecule has 0 saturated carbocycles. The minimum Gasteiger partial charge on any atom is -0.295 e. The summed E-state index contributed by atoms with van der Waals surface area (Å²) < 4.78 is 0. The van der Waals surface area contributed by atoms with Gasteiger partial charge in [-0.2, -0.15) is 5.10 Å². The van der Waals surface area contributed by atoms with E-state index < -0.39 is 0 Å². The van der Waals surface area contributed by atoms with Gasteiger partial charge in [-0.1, -0.05) is 6.92 Å². The van der Waals surface area contributed by atoms with Crippen LogP contribution >= 0.6 is 0 Å². The lowest BCUT2D eigenvalue weighted by molar-refractivity contribution is 0.212. The fourth-order valence-corrected chi connectivity index (χ4v) is 1.06. The van der Waals surface area contributed by atoms with Gasteiger partial charge in [-0.25, -0.2) is 0 Å². The van der Waals surface area contributed by atoms with Crippen molar-refractivity contribution in [1.82, 2.24) is 5.01 Å². The zero-order valence-electron chi connectivity index (χ0n) is 7.04. The summed E-state index contributed by atoms with van der Waals surface area (Å²) in [5.41, 5.74) is 0. The molecule has 0 aromatic carbocycles. The van der Waals surface area contributed by atoms with Crippen LogP contribution in [0, 0.1) is 5.92 Å². The van der Waals surface area contributed by atoms with Crippen LogP contribution in [0.5, 0.6) is 0 Å². The summed E-state index contributed by atoms with van der Waals surface area (Å²) in [5.74, 6) is 0.676. The molecule has 0 fully saturated rings. The van der Waals surface area contributed by atoms with Crippen LogP contribution in [0.1, 0.15) is 27.2 Å². The third kappa shape index (κ3) is 1.72. The van der Waals surface area contributed by atoms with E-state index in [0.717, 1.165) is 6.54 Å². The third-order valence-electron chi connectivity index (χ3n) is 1.88. The molecular weight excluding hydrogens is 124 g/mol. The molecule has 0 bridgehead atoms. The number of hydrogen-bond donors (Lipinski definition) is 0. The first kappa shape index (κ1) is 7.58. The first-order valence-electron chi connectivity index (χ1n) is 4.01. The van der Waals surface area contributed by atoms with Gasteiger partial charge in [0.2, 0.25) is 0 Å². The molecule has 0 spiro atoms. The molecule has 2 heteroatoms. The second-order valence-electron chi connectivity index (χ2n) is 3.29. The van der Waals surface area contributed by atoms with Crippen LogP contribution in [-0.2, 0) is 0 Å². The molecule has 0 aromatic heterocycles. The molecular formula is C8H16N2. The van der Waals surface area contributed by atoms with Crippen LogP contribution in [0.2, 0.25) is 0 Å². The minimum atomic E-state index is 0.559. The highest BCUT2D eigenvalue weighted by Crippen LogP contribution is 2.10. The van der Waals surface area contributed by atoms with E-state index in [4.69, 9.17) is 0 Å². The van der Waals surface area contributed by atoms with Crippen molar-refractivity contribution in [3.05, 3.63) is 0 Å². The molecule has 1 atom stereocenters. The van der Waals surface area contributed by atoms with Gasteiger partial charge in [0, 0.05) is 18.8 Å². The SMILES string of the molecule is CC1C=NN(C(C)C)CC1. The first-order chi connectivity index (χ1) is 4.70. The van der Waals surface area contributed by atoms with Gasteiger partial charge in [-0.3, -0.25) is 5.01 Å². The molecule has 2 nitrogen and oxygen atoms in total. The van der Waals surface area contributed by atoms with E-state index in [1.54, 1.807) is 0 Å². The van der Waals surface area contributed by atoms with E-state index in [0.29, 0.717) is 12.0 Å². The molecule has 10 heavy (non-hydrogen) atoms. The first-order valence-corrected chi connectivity index (χ1v) is 4.01. The smallest absolute Gasteiger partial charge is 0.0414 e. The normalized spacial score (nSPS) is 26.0. The van der Waals surface area contributed by atoms with E-state index in [-0.39, 0.29) is 0 Å². The van der Waals surface area contributed by atoms with E-state index in [1.807, 2.05) is 6.21 Å². The number of nitrogens with zero attached hydrogens (tertiary/aromatic N) is 2. The van der Waals surface area contributed by atoms with Crippen molar-refractivity contribution in [2.75, 3.05) is 6.54 Å². The van der Waals surface area contributed by atoms with E-state index >= 15 is 0 Å². The topological polar surface area (TPSA) is 15.6 Å². The average Bonchev–Trinajstić information content (AvgIpc) is 1.88. The van der Waals surface area contributed by atoms with Gasteiger partial charge in [-0.15, -0.1) is 0 Å². The average molecular weight is 140 g/mol. The Hall–Kier alpha value is -0.530. The van der Waals surface area contributed by atoms with Gasteiger partial charge in [0.15, 0.2) is 0 Å². The monoisotopic (exact) mass is 140 g/mol. The van der Waals surface area contributed by atoms with E-state index in [1.165, 1.54) is 6.42 Å². The van der Waals surface area contributed by atoms with Crippen molar-refractivity contribution in [3.8, 4) is 0 Å². The van der Waals surface area contributed by atoms with Crippen molar-refractivity contribution in [3.63, 3.8) is 0 Å². The Morgan fingerprint density at radius 2 is 2.30 bits per heavy atom. The Balaban J connectivity index is 2.45. The maximum atomic E-state index is 4.32. The summed E-state index contributed by atoms with van der Waals surface area (Å²) in [7, 11) is 0. The fraction of sp³-hybridized carbons (Fsp3) is 0.875. The Kier molecular flexibility index (Phi) is 2.30. The molecule has 0 radical (unpaired) electrons. The molecule has 1 heterocycles. The van der Waals surface area contributed by atoms with Crippen molar-refractivity contribution in [1.29, 1.82) is 0 Å². The Morgan fingerprint density at radius 1 is 1.60 bits per heavy atom. The van der Waals surface area contributed by atoms with Crippen LogP contribution in [0.4, 0.5) is 0 Å². The highest BCUT2D eigenvalue weighted by Gasteiger charge is 2.11. The zero-order valence-corrected chi connectivity index (χ0v) is 7.04. The minimum absolute atomic E-state index is 0.559. The molecule has 0 N–H and O–H groups in total. The zero-order chi connectivity index (χ0) is 7.56. The molecule has 58 valence electrons. The van der Waals surface area contributed by atoms with E-state index in [2.05, 4.69) is 30.9 Å². The molecule has 1 rings (SSSR count). The highest BCUT2D eigenvalue weighted by molar-refractivity contribution is 5.60. The Labute approximate surface area is 62.9 Å². The second-order valence-corrected chi connectivity index (χ2v) is 3.29. The van der Waals surface area contributed by atoms with Gasteiger partial charge >= 0.3 is 0 Å². The van der Waals surface area contributed by atoms with Gasteiger partial charge in [0.1, 0.15) is 0 Å². The highest BCUT2D eigenvalue weighted by atomic mass is 15.5. The third-order valence-corrected chi connectivity index (χ3v) is 1.88. The lowest BCUT2D eigenvalue weighted by Crippen LogP contribution is -2.31. The predicted molar refractivity (Wildman–Crippen MR) is 44.1 cm³/mol. The lowest BCUT2D eigenvalue weighted by atomic mass is 10.1. The van der Waals surface area contributed by atoms with E-state index in [9.17, 15) is 0 Å². The summed E-state index contributed by atoms with van der Waals surface area (Å²) >= 11 is 0. The van der Waals surface area contributed by atoms with Gasteiger partial charge in [0.25, 0.3) is 0 Å². The van der Waals surface area contributed by atoms with Crippen LogP contribution < -0.4 is 0 Å². The maximum Gasteiger partial charge on any atom is 0.0414 e. The van der Waals surface area contributed by atoms with Crippen molar-refractivity contribution < 1.29 is 0 Å². The maximum absolute atomic E-state index is 4.32. The number of hydrogen-bond acceptors (Lipinski definition) is 2. The molecule has 1 aliphatic heterocycles. The van der Waals surface area contributed by atoms with Crippen LogP contribution in [0.3, 0.4) is 0 Å². The summed E-state index contributed by atoms with van der Waals surface area (Å²) in [6.07, 6.45) is 3.30. The van der Waals surface area contributed by atoms with Crippen molar-refractivity contribution in [2.24, 2.45) is 11.0 Å². The Morgan fingerprint density at radius 3 is 2.70 bits per heavy atom. The van der Waals surface area contributed by atoms with Crippen molar-refractivity contribution >= 4 is 6.21 Å². The molecule has 0 aromatic rings. The number of rotatable bonds is 1. The largest absolute Gasteiger partial charge is 0.295 e. The predicted octanol–water partition coefficient (Wildman–Crippen LogP) is 1.72. The summed E-state index contributed by atoms with van der Waals surface area (Å²) in [6, 6.07) is 0.559. The molecule has 0 amide bonds. The molecule has 1 unspecified atom stereocenters. The lowest BCUT2D eigenvalue weighted by Gasteiger charge is -2.27. The quantitative estimate of drug-likeness (QED) is 0.541. The second kappa shape index (κ2) is 3.04. The Bertz CT molecular complexity index is 129. The van der Waals surface area contributed by atoms with Crippen LogP contribution in [-0.4, -0.2) is 23.8 Å². The number of hydrazone groups is 1. The van der Waals surface area contributed by atoms with Crippen LogP contribution in [0.25, 0.3) is 0 Å². The fourth-order valence-electron chi connectivity index (χ4n) is 1.06. The summed E-state index contributed by atoms with van der Waals surface area (Å²) in [6.45, 7) is 7.68. The van der Waals surface area contributed by atoms with Gasteiger partial charge in [-0.05, 0) is 26.2 Å². The van der Waals surface area contributed by atoms with Gasteiger partial charge in [0.05, 0.1) is 0 Å². The van der Waals surface area contributed by atoms with Crippen LogP contribution in [0.15, 0.2) is 5.10 Å². The standard InChI is InChI=1S/C8H16N2/c1-7(2)10-5-4-8(3)6-9-10/h6-8H,4-5H2,1-3H3. The molecule has 0 aliphatic carbocycles.